The largest absolute Gasteiger partial charge is 0.334 e. The topological polar surface area (TPSA) is 49.0 Å². The van der Waals surface area contributed by atoms with Crippen LogP contribution in [0.5, 0.6) is 0 Å². The number of halogens is 1. The number of rotatable bonds is 4. The van der Waals surface area contributed by atoms with Crippen molar-refractivity contribution in [2.24, 2.45) is 0 Å². The first-order valence-corrected chi connectivity index (χ1v) is 5.22. The third-order valence-corrected chi connectivity index (χ3v) is 2.49. The molecule has 2 rings (SSSR count). The Morgan fingerprint density at radius 1 is 1.71 bits per heavy atom. The van der Waals surface area contributed by atoms with Gasteiger partial charge in [-0.25, -0.2) is 0 Å². The molecule has 76 valence electrons. The van der Waals surface area contributed by atoms with Gasteiger partial charge in [-0.3, -0.25) is 9.89 Å². The summed E-state index contributed by atoms with van der Waals surface area (Å²) < 4.78 is 0. The fourth-order valence-corrected chi connectivity index (χ4v) is 1.64. The maximum atomic E-state index is 11.9. The van der Waals surface area contributed by atoms with E-state index >= 15 is 0 Å². The Kier molecular flexibility index (Phi) is 2.72. The number of hydrogen-bond donors (Lipinski definition) is 1. The van der Waals surface area contributed by atoms with E-state index in [4.69, 9.17) is 11.6 Å². The summed E-state index contributed by atoms with van der Waals surface area (Å²) >= 11 is 5.66. The van der Waals surface area contributed by atoms with E-state index in [0.717, 1.165) is 12.8 Å². The van der Waals surface area contributed by atoms with Crippen molar-refractivity contribution < 1.29 is 4.79 Å². The van der Waals surface area contributed by atoms with Crippen molar-refractivity contribution in [3.63, 3.8) is 0 Å². The summed E-state index contributed by atoms with van der Waals surface area (Å²) in [7, 11) is 0. The van der Waals surface area contributed by atoms with Crippen LogP contribution in [0.3, 0.4) is 0 Å². The number of carbonyl (C=O) groups excluding carboxylic acids is 1. The van der Waals surface area contributed by atoms with Gasteiger partial charge in [0.1, 0.15) is 0 Å². The number of aromatic amines is 1. The molecule has 0 spiro atoms. The van der Waals surface area contributed by atoms with E-state index in [1.54, 1.807) is 12.4 Å². The van der Waals surface area contributed by atoms with Crippen molar-refractivity contribution in [1.82, 2.24) is 15.1 Å². The second kappa shape index (κ2) is 4.00. The Labute approximate surface area is 87.2 Å². The van der Waals surface area contributed by atoms with Crippen LogP contribution in [-0.2, 0) is 0 Å². The Morgan fingerprint density at radius 2 is 2.50 bits per heavy atom. The van der Waals surface area contributed by atoms with Crippen LogP contribution in [0.25, 0.3) is 0 Å². The molecule has 0 radical (unpaired) electrons. The molecule has 0 aromatic carbocycles. The van der Waals surface area contributed by atoms with Crippen molar-refractivity contribution in [3.8, 4) is 0 Å². The molecular formula is C9H12ClN3O. The quantitative estimate of drug-likeness (QED) is 0.766. The fraction of sp³-hybridized carbons (Fsp3) is 0.556. The third-order valence-electron chi connectivity index (χ3n) is 2.32. The van der Waals surface area contributed by atoms with Crippen LogP contribution in [0, 0.1) is 0 Å². The van der Waals surface area contributed by atoms with E-state index in [0.29, 0.717) is 24.0 Å². The molecule has 5 heteroatoms. The van der Waals surface area contributed by atoms with Crippen LogP contribution in [0.4, 0.5) is 0 Å². The van der Waals surface area contributed by atoms with Gasteiger partial charge in [0.25, 0.3) is 5.91 Å². The van der Waals surface area contributed by atoms with Crippen molar-refractivity contribution in [2.45, 2.75) is 18.9 Å². The van der Waals surface area contributed by atoms with Gasteiger partial charge in [0.2, 0.25) is 0 Å². The van der Waals surface area contributed by atoms with Gasteiger partial charge < -0.3 is 4.90 Å². The monoisotopic (exact) mass is 213 g/mol. The lowest BCUT2D eigenvalue weighted by atomic mass is 10.3. The molecule has 1 aromatic heterocycles. The van der Waals surface area contributed by atoms with E-state index in [1.165, 1.54) is 0 Å². The van der Waals surface area contributed by atoms with Crippen molar-refractivity contribution in [2.75, 3.05) is 12.4 Å². The summed E-state index contributed by atoms with van der Waals surface area (Å²) in [6.45, 7) is 0.621. The third kappa shape index (κ3) is 1.90. The van der Waals surface area contributed by atoms with Gasteiger partial charge in [0, 0.05) is 24.7 Å². The minimum atomic E-state index is 0.0295. The molecule has 1 aliphatic carbocycles. The fourth-order valence-electron chi connectivity index (χ4n) is 1.46. The average molecular weight is 214 g/mol. The lowest BCUT2D eigenvalue weighted by Gasteiger charge is -2.20. The molecule has 4 nitrogen and oxygen atoms in total. The molecule has 0 aliphatic heterocycles. The normalized spacial score (nSPS) is 15.5. The molecule has 1 aromatic rings. The minimum absolute atomic E-state index is 0.0295. The highest BCUT2D eigenvalue weighted by atomic mass is 35.5. The molecule has 1 N–H and O–H groups in total. The highest BCUT2D eigenvalue weighted by Gasteiger charge is 2.32. The Balaban J connectivity index is 2.07. The van der Waals surface area contributed by atoms with Crippen LogP contribution in [0.1, 0.15) is 23.2 Å². The van der Waals surface area contributed by atoms with Gasteiger partial charge >= 0.3 is 0 Å². The first kappa shape index (κ1) is 9.52. The van der Waals surface area contributed by atoms with E-state index in [2.05, 4.69) is 10.2 Å². The van der Waals surface area contributed by atoms with Crippen LogP contribution in [0.15, 0.2) is 12.4 Å². The molecular weight excluding hydrogens is 202 g/mol. The molecule has 0 saturated heterocycles. The standard InChI is InChI=1S/C9H12ClN3O/c10-3-4-13(8-1-2-8)9(14)7-5-11-12-6-7/h5-6,8H,1-4H2,(H,11,12). The summed E-state index contributed by atoms with van der Waals surface area (Å²) in [6, 6.07) is 0.399. The molecule has 1 aliphatic rings. The molecule has 1 fully saturated rings. The first-order chi connectivity index (χ1) is 6.83. The summed E-state index contributed by atoms with van der Waals surface area (Å²) in [5, 5.41) is 6.40. The number of amides is 1. The number of nitrogens with one attached hydrogen (secondary N) is 1. The Bertz CT molecular complexity index is 308. The Hall–Kier alpha value is -1.03. The molecule has 1 heterocycles. The molecule has 0 atom stereocenters. The van der Waals surface area contributed by atoms with Gasteiger partial charge in [-0.15, -0.1) is 11.6 Å². The average Bonchev–Trinajstić information content (AvgIpc) is 2.88. The predicted molar refractivity (Wildman–Crippen MR) is 53.4 cm³/mol. The lowest BCUT2D eigenvalue weighted by Crippen LogP contribution is -2.34. The van der Waals surface area contributed by atoms with E-state index in [1.807, 2.05) is 4.90 Å². The number of aromatic nitrogens is 2. The second-order valence-corrected chi connectivity index (χ2v) is 3.78. The Morgan fingerprint density at radius 3 is 3.00 bits per heavy atom. The van der Waals surface area contributed by atoms with Gasteiger partial charge in [-0.2, -0.15) is 5.10 Å². The van der Waals surface area contributed by atoms with Gasteiger partial charge in [0.05, 0.1) is 11.8 Å². The summed E-state index contributed by atoms with van der Waals surface area (Å²) in [5.74, 6) is 0.516. The molecule has 0 unspecified atom stereocenters. The maximum absolute atomic E-state index is 11.9. The van der Waals surface area contributed by atoms with E-state index < -0.39 is 0 Å². The van der Waals surface area contributed by atoms with Crippen molar-refractivity contribution in [1.29, 1.82) is 0 Å². The van der Waals surface area contributed by atoms with Crippen LogP contribution < -0.4 is 0 Å². The van der Waals surface area contributed by atoms with Gasteiger partial charge in [-0.05, 0) is 12.8 Å². The number of H-pyrrole nitrogens is 1. The molecule has 0 bridgehead atoms. The summed E-state index contributed by atoms with van der Waals surface area (Å²) in [6.07, 6.45) is 5.36. The second-order valence-electron chi connectivity index (χ2n) is 3.41. The number of hydrogen-bond acceptors (Lipinski definition) is 2. The minimum Gasteiger partial charge on any atom is -0.334 e. The zero-order chi connectivity index (χ0) is 9.97. The SMILES string of the molecule is O=C(c1cn[nH]c1)N(CCCl)C1CC1. The number of alkyl halides is 1. The van der Waals surface area contributed by atoms with Crippen LogP contribution in [-0.4, -0.2) is 39.5 Å². The van der Waals surface area contributed by atoms with Crippen molar-refractivity contribution >= 4 is 17.5 Å². The molecule has 14 heavy (non-hydrogen) atoms. The maximum Gasteiger partial charge on any atom is 0.257 e. The number of nitrogens with zero attached hydrogens (tertiary/aromatic N) is 2. The molecule has 1 saturated carbocycles. The van der Waals surface area contributed by atoms with Gasteiger partial charge in [0.15, 0.2) is 0 Å². The first-order valence-electron chi connectivity index (χ1n) is 4.68. The lowest BCUT2D eigenvalue weighted by molar-refractivity contribution is 0.0754. The van der Waals surface area contributed by atoms with Crippen molar-refractivity contribution in [3.05, 3.63) is 18.0 Å². The van der Waals surface area contributed by atoms with Gasteiger partial charge in [-0.1, -0.05) is 0 Å². The summed E-state index contributed by atoms with van der Waals surface area (Å²) in [5.41, 5.74) is 0.613. The summed E-state index contributed by atoms with van der Waals surface area (Å²) in [4.78, 5) is 13.7. The predicted octanol–water partition coefficient (Wildman–Crippen LogP) is 1.25. The van der Waals surface area contributed by atoms with Crippen LogP contribution >= 0.6 is 11.6 Å². The number of carbonyl (C=O) groups is 1. The van der Waals surface area contributed by atoms with Crippen LogP contribution in [0.2, 0.25) is 0 Å². The zero-order valence-corrected chi connectivity index (χ0v) is 8.50. The van der Waals surface area contributed by atoms with E-state index in [-0.39, 0.29) is 5.91 Å². The highest BCUT2D eigenvalue weighted by Crippen LogP contribution is 2.27. The highest BCUT2D eigenvalue weighted by molar-refractivity contribution is 6.18. The molecule has 1 amide bonds. The van der Waals surface area contributed by atoms with E-state index in [9.17, 15) is 4.79 Å². The zero-order valence-electron chi connectivity index (χ0n) is 7.74. The smallest absolute Gasteiger partial charge is 0.257 e.